The summed E-state index contributed by atoms with van der Waals surface area (Å²) in [5.74, 6) is -0.512. The molecule has 2 rings (SSSR count). The summed E-state index contributed by atoms with van der Waals surface area (Å²) in [5, 5.41) is 35.2. The predicted octanol–water partition coefficient (Wildman–Crippen LogP) is 1.15. The van der Waals surface area contributed by atoms with Gasteiger partial charge in [0.15, 0.2) is 11.5 Å². The second-order valence-electron chi connectivity index (χ2n) is 3.67. The van der Waals surface area contributed by atoms with E-state index in [-0.39, 0.29) is 11.5 Å². The summed E-state index contributed by atoms with van der Waals surface area (Å²) in [7, 11) is 1.80. The Morgan fingerprint density at radius 3 is 2.59 bits per heavy atom. The molecular formula is C11H13N3O3. The largest absolute Gasteiger partial charge is 0.504 e. The minimum atomic E-state index is -0.509. The van der Waals surface area contributed by atoms with E-state index in [0.29, 0.717) is 17.9 Å². The van der Waals surface area contributed by atoms with Crippen molar-refractivity contribution >= 4 is 5.82 Å². The van der Waals surface area contributed by atoms with Crippen LogP contribution in [0.5, 0.6) is 17.2 Å². The standard InChI is InChI=1S/C11H13N3O3/c1-14-5-4-9(13-14)12-6-7-2-3-8(15)11(17)10(7)16/h2-5,15-17H,6H2,1H3,(H,12,13). The van der Waals surface area contributed by atoms with E-state index in [1.165, 1.54) is 12.1 Å². The first-order chi connectivity index (χ1) is 8.08. The van der Waals surface area contributed by atoms with E-state index >= 15 is 0 Å². The molecule has 1 heterocycles. The minimum absolute atomic E-state index is 0.302. The van der Waals surface area contributed by atoms with Gasteiger partial charge in [-0.05, 0) is 12.1 Å². The maximum atomic E-state index is 9.59. The van der Waals surface area contributed by atoms with E-state index < -0.39 is 5.75 Å². The smallest absolute Gasteiger partial charge is 0.200 e. The topological polar surface area (TPSA) is 90.5 Å². The Hall–Kier alpha value is -2.37. The van der Waals surface area contributed by atoms with Crippen LogP contribution >= 0.6 is 0 Å². The molecule has 6 heteroatoms. The summed E-state index contributed by atoms with van der Waals surface area (Å²) >= 11 is 0. The highest BCUT2D eigenvalue weighted by atomic mass is 16.3. The zero-order valence-electron chi connectivity index (χ0n) is 9.25. The molecule has 0 saturated heterocycles. The van der Waals surface area contributed by atoms with Crippen molar-refractivity contribution in [3.63, 3.8) is 0 Å². The van der Waals surface area contributed by atoms with Crippen LogP contribution in [-0.2, 0) is 13.6 Å². The van der Waals surface area contributed by atoms with Crippen LogP contribution in [0, 0.1) is 0 Å². The minimum Gasteiger partial charge on any atom is -0.504 e. The number of anilines is 1. The molecule has 0 saturated carbocycles. The number of hydrogen-bond donors (Lipinski definition) is 4. The highest BCUT2D eigenvalue weighted by molar-refractivity contribution is 5.54. The number of nitrogens with one attached hydrogen (secondary N) is 1. The van der Waals surface area contributed by atoms with Crippen molar-refractivity contribution in [2.45, 2.75) is 6.54 Å². The number of benzene rings is 1. The van der Waals surface area contributed by atoms with Crippen molar-refractivity contribution < 1.29 is 15.3 Å². The van der Waals surface area contributed by atoms with E-state index in [9.17, 15) is 10.2 Å². The number of aromatic hydroxyl groups is 3. The molecule has 2 aromatic rings. The number of phenols is 3. The zero-order valence-corrected chi connectivity index (χ0v) is 9.25. The van der Waals surface area contributed by atoms with E-state index in [1.54, 1.807) is 24.0 Å². The van der Waals surface area contributed by atoms with Crippen molar-refractivity contribution in [2.75, 3.05) is 5.32 Å². The molecule has 6 nitrogen and oxygen atoms in total. The Morgan fingerprint density at radius 1 is 1.18 bits per heavy atom. The van der Waals surface area contributed by atoms with Crippen LogP contribution in [0.2, 0.25) is 0 Å². The van der Waals surface area contributed by atoms with Gasteiger partial charge in [0.2, 0.25) is 5.75 Å². The monoisotopic (exact) mass is 235 g/mol. The average Bonchev–Trinajstić information content (AvgIpc) is 2.71. The van der Waals surface area contributed by atoms with Crippen molar-refractivity contribution in [1.82, 2.24) is 9.78 Å². The molecule has 0 bridgehead atoms. The third-order valence-corrected chi connectivity index (χ3v) is 2.39. The summed E-state index contributed by atoms with van der Waals surface area (Å²) in [6, 6.07) is 4.64. The molecule has 0 atom stereocenters. The Balaban J connectivity index is 2.12. The number of hydrogen-bond acceptors (Lipinski definition) is 5. The first-order valence-corrected chi connectivity index (χ1v) is 5.04. The third kappa shape index (κ3) is 2.25. The van der Waals surface area contributed by atoms with Gasteiger partial charge in [0, 0.05) is 31.4 Å². The lowest BCUT2D eigenvalue weighted by molar-refractivity contribution is 0.365. The van der Waals surface area contributed by atoms with Crippen LogP contribution < -0.4 is 5.32 Å². The quantitative estimate of drug-likeness (QED) is 0.599. The Bertz CT molecular complexity index is 537. The lowest BCUT2D eigenvalue weighted by Crippen LogP contribution is -2.01. The van der Waals surface area contributed by atoms with Crippen LogP contribution in [0.15, 0.2) is 24.4 Å². The van der Waals surface area contributed by atoms with Crippen molar-refractivity contribution in [3.05, 3.63) is 30.0 Å². The first kappa shape index (κ1) is 11.1. The van der Waals surface area contributed by atoms with Crippen LogP contribution in [0.3, 0.4) is 0 Å². The molecule has 0 amide bonds. The zero-order chi connectivity index (χ0) is 12.4. The fourth-order valence-electron chi connectivity index (χ4n) is 1.45. The summed E-state index contributed by atoms with van der Waals surface area (Å²) in [6.45, 7) is 0.302. The second-order valence-corrected chi connectivity index (χ2v) is 3.67. The van der Waals surface area contributed by atoms with Gasteiger partial charge in [-0.1, -0.05) is 0 Å². The summed E-state index contributed by atoms with van der Waals surface area (Å²) in [5.41, 5.74) is 0.478. The number of aryl methyl sites for hydroxylation is 1. The number of rotatable bonds is 3. The molecule has 0 aliphatic carbocycles. The van der Waals surface area contributed by atoms with Crippen molar-refractivity contribution in [3.8, 4) is 17.2 Å². The van der Waals surface area contributed by atoms with E-state index in [4.69, 9.17) is 5.11 Å². The average molecular weight is 235 g/mol. The van der Waals surface area contributed by atoms with E-state index in [2.05, 4.69) is 10.4 Å². The molecule has 1 aromatic heterocycles. The van der Waals surface area contributed by atoms with E-state index in [0.717, 1.165) is 0 Å². The maximum absolute atomic E-state index is 9.59. The fourth-order valence-corrected chi connectivity index (χ4v) is 1.45. The van der Waals surface area contributed by atoms with Gasteiger partial charge < -0.3 is 20.6 Å². The van der Waals surface area contributed by atoms with Gasteiger partial charge in [-0.25, -0.2) is 0 Å². The van der Waals surface area contributed by atoms with Gasteiger partial charge in [0.05, 0.1) is 0 Å². The molecule has 0 unspecified atom stereocenters. The molecule has 17 heavy (non-hydrogen) atoms. The predicted molar refractivity (Wildman–Crippen MR) is 62.0 cm³/mol. The summed E-state index contributed by atoms with van der Waals surface area (Å²) in [4.78, 5) is 0. The maximum Gasteiger partial charge on any atom is 0.200 e. The molecule has 4 N–H and O–H groups in total. The summed E-state index contributed by atoms with van der Waals surface area (Å²) < 4.78 is 1.65. The lowest BCUT2D eigenvalue weighted by Gasteiger charge is -2.08. The van der Waals surface area contributed by atoms with Crippen LogP contribution in [-0.4, -0.2) is 25.1 Å². The SMILES string of the molecule is Cn1ccc(NCc2ccc(O)c(O)c2O)n1. The highest BCUT2D eigenvalue weighted by Gasteiger charge is 2.10. The van der Waals surface area contributed by atoms with Gasteiger partial charge in [0.25, 0.3) is 0 Å². The van der Waals surface area contributed by atoms with Gasteiger partial charge in [-0.3, -0.25) is 4.68 Å². The Morgan fingerprint density at radius 2 is 1.94 bits per heavy atom. The molecule has 0 fully saturated rings. The molecule has 0 spiro atoms. The van der Waals surface area contributed by atoms with Gasteiger partial charge in [0.1, 0.15) is 5.82 Å². The Labute approximate surface area is 97.8 Å². The number of aromatic nitrogens is 2. The molecule has 0 aliphatic heterocycles. The molecule has 0 radical (unpaired) electrons. The molecule has 1 aromatic carbocycles. The van der Waals surface area contributed by atoms with Gasteiger partial charge >= 0.3 is 0 Å². The van der Waals surface area contributed by atoms with Gasteiger partial charge in [-0.15, -0.1) is 0 Å². The second kappa shape index (κ2) is 4.25. The van der Waals surface area contributed by atoms with Crippen LogP contribution in [0.25, 0.3) is 0 Å². The lowest BCUT2D eigenvalue weighted by atomic mass is 10.1. The first-order valence-electron chi connectivity index (χ1n) is 5.04. The van der Waals surface area contributed by atoms with E-state index in [1.807, 2.05) is 0 Å². The third-order valence-electron chi connectivity index (χ3n) is 2.39. The Kier molecular flexibility index (Phi) is 2.78. The van der Waals surface area contributed by atoms with Crippen molar-refractivity contribution in [1.29, 1.82) is 0 Å². The molecular weight excluding hydrogens is 222 g/mol. The van der Waals surface area contributed by atoms with Crippen molar-refractivity contribution in [2.24, 2.45) is 7.05 Å². The number of phenolic OH excluding ortho intramolecular Hbond substituents is 3. The summed E-state index contributed by atoms with van der Waals surface area (Å²) in [6.07, 6.45) is 1.79. The van der Waals surface area contributed by atoms with Gasteiger partial charge in [-0.2, -0.15) is 5.10 Å². The normalized spacial score (nSPS) is 10.4. The number of nitrogens with zero attached hydrogens (tertiary/aromatic N) is 2. The van der Waals surface area contributed by atoms with Crippen LogP contribution in [0.1, 0.15) is 5.56 Å². The molecule has 90 valence electrons. The highest BCUT2D eigenvalue weighted by Crippen LogP contribution is 2.37. The molecule has 0 aliphatic rings. The van der Waals surface area contributed by atoms with Crippen LogP contribution in [0.4, 0.5) is 5.82 Å². The fraction of sp³-hybridized carbons (Fsp3) is 0.182.